The smallest absolute Gasteiger partial charge is 0.191 e. The highest BCUT2D eigenvalue weighted by molar-refractivity contribution is 5.79. The number of nitrogens with zero attached hydrogens (tertiary/aromatic N) is 1. The number of nitrogens with one attached hydrogen (secondary N) is 2. The maximum atomic E-state index is 5.95. The van der Waals surface area contributed by atoms with Gasteiger partial charge in [0.15, 0.2) is 5.96 Å². The number of hydrogen-bond donors (Lipinski definition) is 2. The summed E-state index contributed by atoms with van der Waals surface area (Å²) in [5.41, 5.74) is 3.77. The van der Waals surface area contributed by atoms with E-state index in [1.807, 2.05) is 13.8 Å². The van der Waals surface area contributed by atoms with Crippen molar-refractivity contribution in [1.82, 2.24) is 10.6 Å². The van der Waals surface area contributed by atoms with Crippen molar-refractivity contribution in [3.05, 3.63) is 41.0 Å². The van der Waals surface area contributed by atoms with E-state index in [9.17, 15) is 0 Å². The van der Waals surface area contributed by atoms with Gasteiger partial charge in [-0.05, 0) is 52.2 Å². The van der Waals surface area contributed by atoms with Crippen LogP contribution in [0.1, 0.15) is 44.7 Å². The van der Waals surface area contributed by atoms with E-state index in [-0.39, 0.29) is 6.10 Å². The van der Waals surface area contributed by atoms with Gasteiger partial charge in [0.05, 0.1) is 25.9 Å². The quantitative estimate of drug-likeness (QED) is 0.423. The highest BCUT2D eigenvalue weighted by Gasteiger charge is 2.07. The molecule has 1 aromatic rings. The summed E-state index contributed by atoms with van der Waals surface area (Å²) in [5, 5.41) is 6.74. The van der Waals surface area contributed by atoms with Crippen LogP contribution in [0.3, 0.4) is 0 Å². The zero-order chi connectivity index (χ0) is 18.8. The zero-order valence-electron chi connectivity index (χ0n) is 16.6. The maximum Gasteiger partial charge on any atom is 0.191 e. The molecule has 144 valence electrons. The van der Waals surface area contributed by atoms with Crippen molar-refractivity contribution in [2.75, 3.05) is 26.3 Å². The van der Waals surface area contributed by atoms with Gasteiger partial charge in [-0.3, -0.25) is 0 Å². The van der Waals surface area contributed by atoms with E-state index >= 15 is 0 Å². The molecule has 0 amide bonds. The van der Waals surface area contributed by atoms with E-state index in [2.05, 4.69) is 48.8 Å². The highest BCUT2D eigenvalue weighted by atomic mass is 16.5. The summed E-state index contributed by atoms with van der Waals surface area (Å²) in [7, 11) is 0. The lowest BCUT2D eigenvalue weighted by molar-refractivity contribution is 0.153. The molecule has 0 saturated carbocycles. The third kappa shape index (κ3) is 7.08. The van der Waals surface area contributed by atoms with Gasteiger partial charge in [-0.15, -0.1) is 0 Å². The fraction of sp³-hybridized carbons (Fsp3) is 0.571. The highest BCUT2D eigenvalue weighted by Crippen LogP contribution is 2.22. The van der Waals surface area contributed by atoms with Gasteiger partial charge in [0.2, 0.25) is 0 Å². The van der Waals surface area contributed by atoms with E-state index in [0.717, 1.165) is 56.4 Å². The van der Waals surface area contributed by atoms with Crippen molar-refractivity contribution in [1.29, 1.82) is 0 Å². The lowest BCUT2D eigenvalue weighted by atomic mass is 10.1. The average molecular weight is 360 g/mol. The molecule has 0 spiro atoms. The summed E-state index contributed by atoms with van der Waals surface area (Å²) in [5.74, 6) is 1.77. The monoisotopic (exact) mass is 359 g/mol. The Morgan fingerprint density at radius 1 is 1.31 bits per heavy atom. The van der Waals surface area contributed by atoms with Gasteiger partial charge in [-0.25, -0.2) is 4.99 Å². The van der Waals surface area contributed by atoms with Gasteiger partial charge in [0.25, 0.3) is 0 Å². The van der Waals surface area contributed by atoms with Crippen LogP contribution in [-0.2, 0) is 11.3 Å². The molecule has 2 N–H and O–H groups in total. The third-order valence-electron chi connectivity index (χ3n) is 4.13. The van der Waals surface area contributed by atoms with Crippen LogP contribution in [0, 0.1) is 6.92 Å². The fourth-order valence-electron chi connectivity index (χ4n) is 2.80. The molecule has 0 aliphatic carbocycles. The summed E-state index contributed by atoms with van der Waals surface area (Å²) < 4.78 is 11.3. The predicted molar refractivity (Wildman–Crippen MR) is 108 cm³/mol. The number of guanidine groups is 1. The Hall–Kier alpha value is -2.01. The number of aryl methyl sites for hydroxylation is 1. The van der Waals surface area contributed by atoms with Crippen molar-refractivity contribution in [2.24, 2.45) is 4.99 Å². The third-order valence-corrected chi connectivity index (χ3v) is 4.13. The molecule has 0 fully saturated rings. The number of rotatable bonds is 8. The van der Waals surface area contributed by atoms with Gasteiger partial charge >= 0.3 is 0 Å². The first kappa shape index (κ1) is 20.3. The van der Waals surface area contributed by atoms with Crippen LogP contribution >= 0.6 is 0 Å². The first-order valence-corrected chi connectivity index (χ1v) is 9.62. The fourth-order valence-corrected chi connectivity index (χ4v) is 2.80. The Labute approximate surface area is 157 Å². The van der Waals surface area contributed by atoms with Crippen molar-refractivity contribution in [3.63, 3.8) is 0 Å². The van der Waals surface area contributed by atoms with Gasteiger partial charge in [0, 0.05) is 18.7 Å². The molecular formula is C21H33N3O2. The summed E-state index contributed by atoms with van der Waals surface area (Å²) in [6.45, 7) is 12.1. The lowest BCUT2D eigenvalue weighted by Gasteiger charge is -2.16. The van der Waals surface area contributed by atoms with Gasteiger partial charge < -0.3 is 20.1 Å². The van der Waals surface area contributed by atoms with Crippen molar-refractivity contribution in [2.45, 2.75) is 53.2 Å². The summed E-state index contributed by atoms with van der Waals surface area (Å²) in [6.07, 6.45) is 4.41. The van der Waals surface area contributed by atoms with Crippen molar-refractivity contribution < 1.29 is 9.47 Å². The van der Waals surface area contributed by atoms with Gasteiger partial charge in [-0.1, -0.05) is 23.8 Å². The van der Waals surface area contributed by atoms with Crippen LogP contribution in [0.2, 0.25) is 0 Å². The number of ether oxygens (including phenoxy) is 2. The van der Waals surface area contributed by atoms with Crippen LogP contribution < -0.4 is 15.4 Å². The molecule has 0 radical (unpaired) electrons. The molecule has 26 heavy (non-hydrogen) atoms. The maximum absolute atomic E-state index is 5.95. The summed E-state index contributed by atoms with van der Waals surface area (Å²) >= 11 is 0. The van der Waals surface area contributed by atoms with E-state index in [1.165, 1.54) is 11.1 Å². The molecule has 1 aliphatic rings. The standard InChI is InChI=1S/C21H33N3O2/c1-5-22-21(23-11-8-18-9-12-25-13-10-18)24-15-19-7-6-17(4)14-20(19)26-16(2)3/h6-7,9,14,16H,5,8,10-13,15H2,1-4H3,(H2,22,23,24). The first-order chi connectivity index (χ1) is 12.6. The average Bonchev–Trinajstić information content (AvgIpc) is 2.61. The Kier molecular flexibility index (Phi) is 8.48. The number of hydrogen-bond acceptors (Lipinski definition) is 3. The molecule has 1 aliphatic heterocycles. The first-order valence-electron chi connectivity index (χ1n) is 9.62. The van der Waals surface area contributed by atoms with E-state index in [4.69, 9.17) is 14.5 Å². The minimum Gasteiger partial charge on any atom is -0.491 e. The van der Waals surface area contributed by atoms with Crippen LogP contribution in [0.25, 0.3) is 0 Å². The van der Waals surface area contributed by atoms with Crippen LogP contribution in [0.4, 0.5) is 0 Å². The molecule has 0 aromatic heterocycles. The molecule has 0 bridgehead atoms. The van der Waals surface area contributed by atoms with Gasteiger partial charge in [0.1, 0.15) is 5.75 Å². The second-order valence-corrected chi connectivity index (χ2v) is 6.84. The predicted octanol–water partition coefficient (Wildman–Crippen LogP) is 3.57. The van der Waals surface area contributed by atoms with E-state index in [1.54, 1.807) is 0 Å². The molecule has 5 nitrogen and oxygen atoms in total. The van der Waals surface area contributed by atoms with Crippen LogP contribution in [0.15, 0.2) is 34.8 Å². The normalized spacial score (nSPS) is 15.0. The number of aliphatic imine (C=N–C) groups is 1. The summed E-state index contributed by atoms with van der Waals surface area (Å²) in [6, 6.07) is 6.30. The van der Waals surface area contributed by atoms with Crippen LogP contribution in [0.5, 0.6) is 5.75 Å². The van der Waals surface area contributed by atoms with Crippen molar-refractivity contribution in [3.8, 4) is 5.75 Å². The molecule has 0 saturated heterocycles. The second-order valence-electron chi connectivity index (χ2n) is 6.84. The molecule has 5 heteroatoms. The molecule has 0 unspecified atom stereocenters. The molecule has 1 aromatic carbocycles. The second kappa shape index (κ2) is 10.9. The lowest BCUT2D eigenvalue weighted by Crippen LogP contribution is -2.38. The molecule has 2 rings (SSSR count). The SMILES string of the molecule is CCNC(=NCc1ccc(C)cc1OC(C)C)NCCC1=CCOCC1. The Bertz CT molecular complexity index is 624. The van der Waals surface area contributed by atoms with Crippen LogP contribution in [-0.4, -0.2) is 38.4 Å². The van der Waals surface area contributed by atoms with E-state index < -0.39 is 0 Å². The van der Waals surface area contributed by atoms with Gasteiger partial charge in [-0.2, -0.15) is 0 Å². The minimum absolute atomic E-state index is 0.152. The number of benzene rings is 1. The molecular weight excluding hydrogens is 326 g/mol. The zero-order valence-corrected chi connectivity index (χ0v) is 16.6. The minimum atomic E-state index is 0.152. The van der Waals surface area contributed by atoms with E-state index in [0.29, 0.717) is 6.54 Å². The molecule has 1 heterocycles. The largest absolute Gasteiger partial charge is 0.491 e. The topological polar surface area (TPSA) is 54.9 Å². The van der Waals surface area contributed by atoms with Crippen molar-refractivity contribution >= 4 is 5.96 Å². The Morgan fingerprint density at radius 2 is 2.15 bits per heavy atom. The Morgan fingerprint density at radius 3 is 2.85 bits per heavy atom. The molecule has 0 atom stereocenters. The Balaban J connectivity index is 1.96. The summed E-state index contributed by atoms with van der Waals surface area (Å²) in [4.78, 5) is 4.73.